The Morgan fingerprint density at radius 3 is 2.53 bits per heavy atom. The lowest BCUT2D eigenvalue weighted by Gasteiger charge is -2.15. The Morgan fingerprint density at radius 1 is 1.03 bits per heavy atom. The maximum Gasteiger partial charge on any atom is 0.267 e. The molecule has 4 aromatic rings. The van der Waals surface area contributed by atoms with Crippen molar-refractivity contribution in [2.24, 2.45) is 0 Å². The molecule has 1 amide bonds. The number of nitrogens with zero attached hydrogens (tertiary/aromatic N) is 3. The van der Waals surface area contributed by atoms with E-state index < -0.39 is 0 Å². The molecule has 0 saturated carbocycles. The van der Waals surface area contributed by atoms with Crippen molar-refractivity contribution in [2.45, 2.75) is 19.9 Å². The molecule has 0 unspecified atom stereocenters. The fourth-order valence-electron chi connectivity index (χ4n) is 4.17. The number of carbonyl (C=O) groups excluding carboxylic acids is 1. The van der Waals surface area contributed by atoms with E-state index in [1.54, 1.807) is 24.3 Å². The average Bonchev–Trinajstić information content (AvgIpc) is 3.19. The molecule has 9 heteroatoms. The van der Waals surface area contributed by atoms with Crippen LogP contribution >= 0.6 is 24.0 Å². The largest absolute Gasteiger partial charge is 0.497 e. The molecular formula is C29H26N4O3S2. The van der Waals surface area contributed by atoms with Crippen LogP contribution in [0.15, 0.2) is 82.6 Å². The number of hydrogen-bond donors (Lipinski definition) is 1. The Morgan fingerprint density at radius 2 is 1.79 bits per heavy atom. The Bertz CT molecular complexity index is 1600. The first-order valence-electron chi connectivity index (χ1n) is 12.1. The summed E-state index contributed by atoms with van der Waals surface area (Å²) in [6.45, 7) is 2.84. The molecule has 3 heterocycles. The maximum atomic E-state index is 13.6. The standard InChI is InChI=1S/C29H26N4O3S2/c1-19-8-13-25-31-26(30-15-14-20-6-4-3-5-7-20)23(27(34)32(25)17-19)16-24-28(35)33(29(37)38-24)18-21-9-11-22(36-2)12-10-21/h3-13,16-17,30H,14-15,18H2,1-2H3. The third kappa shape index (κ3) is 5.49. The molecule has 0 atom stereocenters. The number of hydrogen-bond acceptors (Lipinski definition) is 7. The number of anilines is 1. The van der Waals surface area contributed by atoms with Crippen molar-refractivity contribution in [2.75, 3.05) is 19.0 Å². The van der Waals surface area contributed by atoms with Gasteiger partial charge >= 0.3 is 0 Å². The quantitative estimate of drug-likeness (QED) is 0.246. The van der Waals surface area contributed by atoms with Crippen LogP contribution in [0.1, 0.15) is 22.3 Å². The van der Waals surface area contributed by atoms with Crippen LogP contribution in [0.3, 0.4) is 0 Å². The first kappa shape index (κ1) is 25.7. The summed E-state index contributed by atoms with van der Waals surface area (Å²) in [7, 11) is 1.61. The Hall–Kier alpha value is -3.95. The second-order valence-corrected chi connectivity index (χ2v) is 10.6. The molecule has 2 aromatic heterocycles. The monoisotopic (exact) mass is 542 g/mol. The number of carbonyl (C=O) groups is 1. The molecule has 0 spiro atoms. The molecule has 2 aromatic carbocycles. The van der Waals surface area contributed by atoms with Crippen molar-refractivity contribution < 1.29 is 9.53 Å². The van der Waals surface area contributed by atoms with Gasteiger partial charge in [0.1, 0.15) is 21.5 Å². The number of aryl methyl sites for hydroxylation is 1. The van der Waals surface area contributed by atoms with Gasteiger partial charge in [-0.3, -0.25) is 18.9 Å². The van der Waals surface area contributed by atoms with E-state index in [4.69, 9.17) is 21.9 Å². The van der Waals surface area contributed by atoms with E-state index in [-0.39, 0.29) is 11.5 Å². The van der Waals surface area contributed by atoms with Gasteiger partial charge in [0.2, 0.25) is 0 Å². The number of amides is 1. The van der Waals surface area contributed by atoms with E-state index in [9.17, 15) is 9.59 Å². The predicted octanol–water partition coefficient (Wildman–Crippen LogP) is 5.07. The number of nitrogens with one attached hydrogen (secondary N) is 1. The summed E-state index contributed by atoms with van der Waals surface area (Å²) >= 11 is 6.72. The molecule has 0 bridgehead atoms. The first-order chi connectivity index (χ1) is 18.4. The number of benzene rings is 2. The van der Waals surface area contributed by atoms with Gasteiger partial charge in [-0.1, -0.05) is 72.5 Å². The minimum absolute atomic E-state index is 0.236. The van der Waals surface area contributed by atoms with E-state index in [1.807, 2.05) is 61.5 Å². The van der Waals surface area contributed by atoms with Gasteiger partial charge in [-0.05, 0) is 54.3 Å². The van der Waals surface area contributed by atoms with E-state index >= 15 is 0 Å². The zero-order valence-corrected chi connectivity index (χ0v) is 22.6. The lowest BCUT2D eigenvalue weighted by Crippen LogP contribution is -2.27. The smallest absolute Gasteiger partial charge is 0.267 e. The summed E-state index contributed by atoms with van der Waals surface area (Å²) in [4.78, 5) is 33.6. The molecule has 38 heavy (non-hydrogen) atoms. The van der Waals surface area contributed by atoms with Gasteiger partial charge < -0.3 is 10.1 Å². The van der Waals surface area contributed by atoms with Gasteiger partial charge in [-0.15, -0.1) is 0 Å². The average molecular weight is 543 g/mol. The number of pyridine rings is 1. The molecule has 1 fully saturated rings. The second-order valence-electron chi connectivity index (χ2n) is 8.89. The second kappa shape index (κ2) is 11.2. The van der Waals surface area contributed by atoms with Crippen molar-refractivity contribution in [1.29, 1.82) is 0 Å². The van der Waals surface area contributed by atoms with Crippen molar-refractivity contribution in [3.63, 3.8) is 0 Å². The summed E-state index contributed by atoms with van der Waals surface area (Å²) in [5, 5.41) is 3.32. The van der Waals surface area contributed by atoms with Crippen LogP contribution in [0.25, 0.3) is 11.7 Å². The minimum atomic E-state index is -0.249. The van der Waals surface area contributed by atoms with Crippen molar-refractivity contribution >= 4 is 51.7 Å². The molecule has 0 aliphatic carbocycles. The van der Waals surface area contributed by atoms with Crippen LogP contribution in [0, 0.1) is 6.92 Å². The van der Waals surface area contributed by atoms with Crippen molar-refractivity contribution in [3.05, 3.63) is 110 Å². The molecule has 1 aliphatic heterocycles. The Kier molecular flexibility index (Phi) is 7.57. The van der Waals surface area contributed by atoms with Gasteiger partial charge in [0.25, 0.3) is 11.5 Å². The number of methoxy groups -OCH3 is 1. The number of thiocarbonyl (C=S) groups is 1. The zero-order valence-electron chi connectivity index (χ0n) is 21.0. The van der Waals surface area contributed by atoms with Crippen LogP contribution in [0.4, 0.5) is 5.82 Å². The Labute approximate surface area is 230 Å². The van der Waals surface area contributed by atoms with E-state index in [0.717, 1.165) is 23.3 Å². The summed E-state index contributed by atoms with van der Waals surface area (Å²) in [5.41, 5.74) is 3.64. The highest BCUT2D eigenvalue weighted by Crippen LogP contribution is 2.34. The maximum absolute atomic E-state index is 13.6. The molecule has 0 radical (unpaired) electrons. The summed E-state index contributed by atoms with van der Waals surface area (Å²) in [6.07, 6.45) is 4.13. The van der Waals surface area contributed by atoms with Crippen LogP contribution in [0.5, 0.6) is 5.75 Å². The summed E-state index contributed by atoms with van der Waals surface area (Å²) in [6, 6.07) is 21.3. The zero-order chi connectivity index (χ0) is 26.6. The minimum Gasteiger partial charge on any atom is -0.497 e. The SMILES string of the molecule is COc1ccc(CN2C(=O)C(=Cc3c(NCCc4ccccc4)nc4ccc(C)cn4c3=O)SC2=S)cc1. The van der Waals surface area contributed by atoms with Crippen molar-refractivity contribution in [1.82, 2.24) is 14.3 Å². The number of ether oxygens (including phenoxy) is 1. The lowest BCUT2D eigenvalue weighted by molar-refractivity contribution is -0.122. The molecule has 5 rings (SSSR count). The molecular weight excluding hydrogens is 516 g/mol. The molecule has 1 saturated heterocycles. The Balaban J connectivity index is 1.46. The molecule has 192 valence electrons. The number of aromatic nitrogens is 2. The fraction of sp³-hybridized carbons (Fsp3) is 0.172. The van der Waals surface area contributed by atoms with Crippen LogP contribution < -0.4 is 15.6 Å². The third-order valence-electron chi connectivity index (χ3n) is 6.20. The number of fused-ring (bicyclic) bond motifs is 1. The molecule has 7 nitrogen and oxygen atoms in total. The van der Waals surface area contributed by atoms with Crippen LogP contribution in [0.2, 0.25) is 0 Å². The molecule has 1 N–H and O–H groups in total. The van der Waals surface area contributed by atoms with Gasteiger partial charge in [0.15, 0.2) is 0 Å². The lowest BCUT2D eigenvalue weighted by atomic mass is 10.1. The summed E-state index contributed by atoms with van der Waals surface area (Å²) < 4.78 is 7.18. The van der Waals surface area contributed by atoms with Gasteiger partial charge in [-0.25, -0.2) is 4.98 Å². The number of rotatable bonds is 8. The highest BCUT2D eigenvalue weighted by atomic mass is 32.2. The van der Waals surface area contributed by atoms with E-state index in [0.29, 0.717) is 39.3 Å². The first-order valence-corrected chi connectivity index (χ1v) is 13.3. The van der Waals surface area contributed by atoms with Gasteiger partial charge in [0.05, 0.1) is 24.1 Å². The topological polar surface area (TPSA) is 75.9 Å². The highest BCUT2D eigenvalue weighted by molar-refractivity contribution is 8.26. The van der Waals surface area contributed by atoms with E-state index in [2.05, 4.69) is 17.4 Å². The summed E-state index contributed by atoms with van der Waals surface area (Å²) in [5.74, 6) is 0.945. The third-order valence-corrected chi connectivity index (χ3v) is 7.58. The van der Waals surface area contributed by atoms with Crippen LogP contribution in [-0.2, 0) is 17.8 Å². The number of thioether (sulfide) groups is 1. The fourth-order valence-corrected chi connectivity index (χ4v) is 5.41. The molecule has 1 aliphatic rings. The van der Waals surface area contributed by atoms with E-state index in [1.165, 1.54) is 21.7 Å². The highest BCUT2D eigenvalue weighted by Gasteiger charge is 2.32. The van der Waals surface area contributed by atoms with Gasteiger partial charge in [0, 0.05) is 12.7 Å². The van der Waals surface area contributed by atoms with Gasteiger partial charge in [-0.2, -0.15) is 0 Å². The van der Waals surface area contributed by atoms with Crippen molar-refractivity contribution in [3.8, 4) is 5.75 Å². The normalized spacial score (nSPS) is 14.5. The van der Waals surface area contributed by atoms with Crippen LogP contribution in [-0.4, -0.2) is 38.2 Å². The predicted molar refractivity (Wildman–Crippen MR) is 157 cm³/mol.